The summed E-state index contributed by atoms with van der Waals surface area (Å²) in [5.74, 6) is -2.30. The molecule has 0 spiro atoms. The highest BCUT2D eigenvalue weighted by Crippen LogP contribution is 2.30. The van der Waals surface area contributed by atoms with Crippen LogP contribution < -0.4 is 5.32 Å². The van der Waals surface area contributed by atoms with Gasteiger partial charge < -0.3 is 10.4 Å². The number of alkyl halides is 3. The summed E-state index contributed by atoms with van der Waals surface area (Å²) in [6.07, 6.45) is -2.94. The lowest BCUT2D eigenvalue weighted by molar-refractivity contribution is -0.140. The maximum absolute atomic E-state index is 13.0. The molecular weight excluding hydrogens is 351 g/mol. The standard InChI is InChI=1S/C17H20F3N3O3/c1-4-9(3)13(16(25)26)22-15(24)14-11(5-2)21-12-7-6-10(8-23(12)14)17(18,19)20/h6-9,13H,4-5H2,1-3H3,(H,22,24)(H,25,26). The molecule has 2 atom stereocenters. The van der Waals surface area contributed by atoms with E-state index in [1.54, 1.807) is 20.8 Å². The molecule has 2 aromatic heterocycles. The highest BCUT2D eigenvalue weighted by Gasteiger charge is 2.32. The average molecular weight is 371 g/mol. The number of rotatable bonds is 6. The molecule has 0 fully saturated rings. The van der Waals surface area contributed by atoms with E-state index in [1.165, 1.54) is 6.07 Å². The molecule has 0 radical (unpaired) electrons. The van der Waals surface area contributed by atoms with E-state index in [4.69, 9.17) is 0 Å². The van der Waals surface area contributed by atoms with Crippen molar-refractivity contribution in [2.24, 2.45) is 5.92 Å². The first-order valence-corrected chi connectivity index (χ1v) is 8.21. The van der Waals surface area contributed by atoms with Crippen molar-refractivity contribution in [2.45, 2.75) is 45.8 Å². The van der Waals surface area contributed by atoms with Gasteiger partial charge in [0.25, 0.3) is 5.91 Å². The minimum Gasteiger partial charge on any atom is -0.480 e. The molecule has 6 nitrogen and oxygen atoms in total. The Bertz CT molecular complexity index is 830. The van der Waals surface area contributed by atoms with Crippen LogP contribution in [0.3, 0.4) is 0 Å². The van der Waals surface area contributed by atoms with Gasteiger partial charge in [-0.05, 0) is 24.5 Å². The molecule has 0 aromatic carbocycles. The van der Waals surface area contributed by atoms with Crippen LogP contribution in [0.15, 0.2) is 18.3 Å². The van der Waals surface area contributed by atoms with Gasteiger partial charge in [0.05, 0.1) is 11.3 Å². The number of amides is 1. The van der Waals surface area contributed by atoms with E-state index in [9.17, 15) is 27.9 Å². The van der Waals surface area contributed by atoms with E-state index < -0.39 is 29.7 Å². The zero-order valence-corrected chi connectivity index (χ0v) is 14.6. The van der Waals surface area contributed by atoms with Gasteiger partial charge in [0.1, 0.15) is 17.4 Å². The van der Waals surface area contributed by atoms with Crippen molar-refractivity contribution in [3.05, 3.63) is 35.3 Å². The maximum atomic E-state index is 13.0. The summed E-state index contributed by atoms with van der Waals surface area (Å²) in [6.45, 7) is 5.18. The van der Waals surface area contributed by atoms with Crippen molar-refractivity contribution in [3.63, 3.8) is 0 Å². The number of carboxylic acid groups (broad SMARTS) is 1. The second-order valence-corrected chi connectivity index (χ2v) is 6.08. The van der Waals surface area contributed by atoms with E-state index >= 15 is 0 Å². The molecule has 2 aromatic rings. The molecule has 9 heteroatoms. The van der Waals surface area contributed by atoms with Crippen LogP contribution in [0.25, 0.3) is 5.65 Å². The summed E-state index contributed by atoms with van der Waals surface area (Å²) in [4.78, 5) is 28.3. The Kier molecular flexibility index (Phi) is 5.58. The number of halogens is 3. The van der Waals surface area contributed by atoms with Crippen LogP contribution in [0.2, 0.25) is 0 Å². The molecular formula is C17H20F3N3O3. The zero-order chi connectivity index (χ0) is 19.6. The Morgan fingerprint density at radius 3 is 2.46 bits per heavy atom. The number of carboxylic acids is 1. The van der Waals surface area contributed by atoms with Crippen molar-refractivity contribution in [1.82, 2.24) is 14.7 Å². The van der Waals surface area contributed by atoms with Crippen LogP contribution in [0.5, 0.6) is 0 Å². The number of aromatic nitrogens is 2. The number of pyridine rings is 1. The lowest BCUT2D eigenvalue weighted by atomic mass is 9.99. The van der Waals surface area contributed by atoms with E-state index in [-0.39, 0.29) is 17.3 Å². The minimum absolute atomic E-state index is 0.0804. The predicted octanol–water partition coefficient (Wildman–Crippen LogP) is 3.14. The monoisotopic (exact) mass is 371 g/mol. The van der Waals surface area contributed by atoms with Gasteiger partial charge in [-0.3, -0.25) is 9.20 Å². The lowest BCUT2D eigenvalue weighted by Crippen LogP contribution is -2.45. The number of carbonyl (C=O) groups excluding carboxylic acids is 1. The molecule has 0 bridgehead atoms. The summed E-state index contributed by atoms with van der Waals surface area (Å²) >= 11 is 0. The van der Waals surface area contributed by atoms with Gasteiger partial charge in [0.15, 0.2) is 0 Å². The molecule has 2 N–H and O–H groups in total. The third-order valence-corrected chi connectivity index (χ3v) is 4.33. The average Bonchev–Trinajstić information content (AvgIpc) is 2.95. The molecule has 142 valence electrons. The summed E-state index contributed by atoms with van der Waals surface area (Å²) < 4.78 is 40.0. The van der Waals surface area contributed by atoms with Gasteiger partial charge in [0.2, 0.25) is 0 Å². The molecule has 2 rings (SSSR count). The fourth-order valence-electron chi connectivity index (χ4n) is 2.64. The Labute approximate surface area is 148 Å². The smallest absolute Gasteiger partial charge is 0.417 e. The van der Waals surface area contributed by atoms with E-state index in [0.717, 1.165) is 16.7 Å². The zero-order valence-electron chi connectivity index (χ0n) is 14.6. The first-order valence-electron chi connectivity index (χ1n) is 8.21. The highest BCUT2D eigenvalue weighted by molar-refractivity contribution is 5.97. The Hall–Kier alpha value is -2.58. The number of hydrogen-bond acceptors (Lipinski definition) is 3. The fraction of sp³-hybridized carbons (Fsp3) is 0.471. The third-order valence-electron chi connectivity index (χ3n) is 4.33. The Balaban J connectivity index is 2.52. The van der Waals surface area contributed by atoms with Crippen molar-refractivity contribution in [2.75, 3.05) is 0 Å². The fourth-order valence-corrected chi connectivity index (χ4v) is 2.64. The van der Waals surface area contributed by atoms with Crippen molar-refractivity contribution >= 4 is 17.5 Å². The Morgan fingerprint density at radius 2 is 1.96 bits per heavy atom. The molecule has 0 aliphatic heterocycles. The largest absolute Gasteiger partial charge is 0.480 e. The van der Waals surface area contributed by atoms with Crippen LogP contribution in [0, 0.1) is 5.92 Å². The first kappa shape index (κ1) is 19.7. The summed E-state index contributed by atoms with van der Waals surface area (Å²) in [6, 6.07) is 0.929. The highest BCUT2D eigenvalue weighted by atomic mass is 19.4. The van der Waals surface area contributed by atoms with Gasteiger partial charge in [-0.2, -0.15) is 13.2 Å². The number of nitrogens with one attached hydrogen (secondary N) is 1. The predicted molar refractivity (Wildman–Crippen MR) is 87.9 cm³/mol. The van der Waals surface area contributed by atoms with Crippen molar-refractivity contribution in [1.29, 1.82) is 0 Å². The summed E-state index contributed by atoms with van der Waals surface area (Å²) in [5, 5.41) is 11.7. The van der Waals surface area contributed by atoms with Gasteiger partial charge in [-0.15, -0.1) is 0 Å². The van der Waals surface area contributed by atoms with Crippen molar-refractivity contribution in [3.8, 4) is 0 Å². The maximum Gasteiger partial charge on any atom is 0.417 e. The molecule has 0 aliphatic carbocycles. The second-order valence-electron chi connectivity index (χ2n) is 6.08. The number of aryl methyl sites for hydroxylation is 1. The second kappa shape index (κ2) is 7.35. The summed E-state index contributed by atoms with van der Waals surface area (Å²) in [7, 11) is 0. The van der Waals surface area contributed by atoms with Gasteiger partial charge in [-0.25, -0.2) is 9.78 Å². The molecule has 0 saturated heterocycles. The van der Waals surface area contributed by atoms with Crippen LogP contribution in [0.1, 0.15) is 48.9 Å². The number of fused-ring (bicyclic) bond motifs is 1. The number of nitrogens with zero attached hydrogens (tertiary/aromatic N) is 2. The molecule has 2 unspecified atom stereocenters. The third kappa shape index (κ3) is 3.81. The van der Waals surface area contributed by atoms with Gasteiger partial charge in [-0.1, -0.05) is 27.2 Å². The first-order chi connectivity index (χ1) is 12.1. The van der Waals surface area contributed by atoms with Gasteiger partial charge in [0, 0.05) is 6.20 Å². The topological polar surface area (TPSA) is 83.7 Å². The SMILES string of the molecule is CCc1nc2ccc(C(F)(F)F)cn2c1C(=O)NC(C(=O)O)C(C)CC. The van der Waals surface area contributed by atoms with Crippen LogP contribution in [-0.4, -0.2) is 32.4 Å². The molecule has 26 heavy (non-hydrogen) atoms. The normalized spacial score (nSPS) is 14.2. The van der Waals surface area contributed by atoms with E-state index in [1.807, 2.05) is 0 Å². The molecule has 0 saturated carbocycles. The van der Waals surface area contributed by atoms with Crippen LogP contribution in [0.4, 0.5) is 13.2 Å². The van der Waals surface area contributed by atoms with Gasteiger partial charge >= 0.3 is 12.1 Å². The number of imidazole rings is 1. The number of aliphatic carboxylic acids is 1. The number of hydrogen-bond donors (Lipinski definition) is 2. The number of carbonyl (C=O) groups is 2. The van der Waals surface area contributed by atoms with E-state index in [2.05, 4.69) is 10.3 Å². The van der Waals surface area contributed by atoms with Crippen molar-refractivity contribution < 1.29 is 27.9 Å². The van der Waals surface area contributed by atoms with E-state index in [0.29, 0.717) is 18.5 Å². The quantitative estimate of drug-likeness (QED) is 0.817. The molecule has 2 heterocycles. The van der Waals surface area contributed by atoms with Crippen LogP contribution >= 0.6 is 0 Å². The Morgan fingerprint density at radius 1 is 1.31 bits per heavy atom. The molecule has 1 amide bonds. The van der Waals surface area contributed by atoms with Crippen LogP contribution in [-0.2, 0) is 17.4 Å². The molecule has 0 aliphatic rings. The summed E-state index contributed by atoms with van der Waals surface area (Å²) in [5.41, 5.74) is -0.510. The lowest BCUT2D eigenvalue weighted by Gasteiger charge is -2.20. The minimum atomic E-state index is -4.57.